The van der Waals surface area contributed by atoms with Crippen molar-refractivity contribution in [2.45, 2.75) is 51.6 Å². The average Bonchev–Trinajstić information content (AvgIpc) is 2.99. The third-order valence-electron chi connectivity index (χ3n) is 5.21. The molecule has 0 saturated heterocycles. The Morgan fingerprint density at radius 1 is 1.04 bits per heavy atom. The van der Waals surface area contributed by atoms with Gasteiger partial charge in [-0.2, -0.15) is 0 Å². The van der Waals surface area contributed by atoms with Gasteiger partial charge in [0.1, 0.15) is 11.3 Å². The summed E-state index contributed by atoms with van der Waals surface area (Å²) in [6, 6.07) is 15.1. The quantitative estimate of drug-likeness (QED) is 0.524. The van der Waals surface area contributed by atoms with Crippen molar-refractivity contribution in [1.82, 2.24) is 5.32 Å². The van der Waals surface area contributed by atoms with Crippen LogP contribution in [0.3, 0.4) is 0 Å². The molecule has 1 aliphatic carbocycles. The molecule has 138 valence electrons. The maximum Gasteiger partial charge on any atom is 0.135 e. The van der Waals surface area contributed by atoms with Crippen molar-refractivity contribution in [3.63, 3.8) is 0 Å². The van der Waals surface area contributed by atoms with E-state index in [1.807, 2.05) is 12.1 Å². The van der Waals surface area contributed by atoms with Crippen LogP contribution in [0.2, 0.25) is 5.02 Å². The zero-order valence-corrected chi connectivity index (χ0v) is 16.6. The zero-order valence-electron chi connectivity index (χ0n) is 15.1. The summed E-state index contributed by atoms with van der Waals surface area (Å²) in [6.45, 7) is 2.90. The van der Waals surface area contributed by atoms with Gasteiger partial charge in [0.05, 0.1) is 6.54 Å². The van der Waals surface area contributed by atoms with Gasteiger partial charge in [0.15, 0.2) is 0 Å². The van der Waals surface area contributed by atoms with E-state index in [1.54, 1.807) is 0 Å². The van der Waals surface area contributed by atoms with Crippen LogP contribution in [0.1, 0.15) is 43.4 Å². The summed E-state index contributed by atoms with van der Waals surface area (Å²) < 4.78 is 6.23. The molecule has 0 bridgehead atoms. The maximum absolute atomic E-state index is 6.23. The first kappa shape index (κ1) is 19.3. The second kappa shape index (κ2) is 8.47. The van der Waals surface area contributed by atoms with Crippen LogP contribution in [-0.2, 0) is 6.54 Å². The Balaban J connectivity index is 0.00000196. The van der Waals surface area contributed by atoms with E-state index in [-0.39, 0.29) is 12.4 Å². The van der Waals surface area contributed by atoms with E-state index in [0.717, 1.165) is 28.5 Å². The maximum atomic E-state index is 6.23. The second-order valence-electron chi connectivity index (χ2n) is 7.12. The lowest BCUT2D eigenvalue weighted by atomic mass is 9.95. The van der Waals surface area contributed by atoms with Gasteiger partial charge in [-0.3, -0.25) is 0 Å². The molecule has 1 saturated carbocycles. The fraction of sp³-hybridized carbons (Fsp3) is 0.364. The predicted octanol–water partition coefficient (Wildman–Crippen LogP) is 6.91. The number of furan rings is 1. The standard InChI is InChI=1S/C22H24ClNO.ClH/c1-15-7-12-20-19(13-15)22(16-8-10-17(23)11-9-16)21(25-20)14-24-18-5-3-2-4-6-18;/h7-13,18,24H,2-6,14H2,1H3;1H. The van der Waals surface area contributed by atoms with E-state index in [2.05, 4.69) is 42.6 Å². The summed E-state index contributed by atoms with van der Waals surface area (Å²) >= 11 is 6.08. The Labute approximate surface area is 166 Å². The van der Waals surface area contributed by atoms with Crippen LogP contribution >= 0.6 is 24.0 Å². The van der Waals surface area contributed by atoms with Gasteiger partial charge in [0, 0.05) is 22.0 Å². The lowest BCUT2D eigenvalue weighted by Gasteiger charge is -2.22. The first-order chi connectivity index (χ1) is 12.2. The summed E-state index contributed by atoms with van der Waals surface area (Å²) in [4.78, 5) is 0. The van der Waals surface area contributed by atoms with Crippen LogP contribution < -0.4 is 5.32 Å². The van der Waals surface area contributed by atoms with Crippen molar-refractivity contribution < 1.29 is 4.42 Å². The summed E-state index contributed by atoms with van der Waals surface area (Å²) in [6.07, 6.45) is 6.59. The second-order valence-corrected chi connectivity index (χ2v) is 7.56. The highest BCUT2D eigenvalue weighted by Gasteiger charge is 2.18. The number of benzene rings is 2. The first-order valence-electron chi connectivity index (χ1n) is 9.22. The molecule has 0 aliphatic heterocycles. The van der Waals surface area contributed by atoms with Crippen molar-refractivity contribution in [3.05, 3.63) is 58.8 Å². The molecular weight excluding hydrogens is 365 g/mol. The number of hydrogen-bond donors (Lipinski definition) is 1. The Hall–Kier alpha value is -1.48. The van der Waals surface area contributed by atoms with E-state index in [4.69, 9.17) is 16.0 Å². The van der Waals surface area contributed by atoms with E-state index in [0.29, 0.717) is 6.04 Å². The van der Waals surface area contributed by atoms with E-state index in [1.165, 1.54) is 48.6 Å². The number of aryl methyl sites for hydroxylation is 1. The van der Waals surface area contributed by atoms with Crippen molar-refractivity contribution in [2.24, 2.45) is 0 Å². The Morgan fingerprint density at radius 2 is 1.77 bits per heavy atom. The third-order valence-corrected chi connectivity index (χ3v) is 5.46. The molecule has 0 amide bonds. The van der Waals surface area contributed by atoms with Gasteiger partial charge in [-0.1, -0.05) is 54.6 Å². The molecule has 3 aromatic rings. The van der Waals surface area contributed by atoms with Gasteiger partial charge in [-0.25, -0.2) is 0 Å². The van der Waals surface area contributed by atoms with Crippen LogP contribution in [0.15, 0.2) is 46.9 Å². The smallest absolute Gasteiger partial charge is 0.135 e. The summed E-state index contributed by atoms with van der Waals surface area (Å²) in [5.41, 5.74) is 4.55. The number of halogens is 2. The highest BCUT2D eigenvalue weighted by molar-refractivity contribution is 6.30. The van der Waals surface area contributed by atoms with Gasteiger partial charge in [0.2, 0.25) is 0 Å². The SMILES string of the molecule is Cc1ccc2oc(CNC3CCCCC3)c(-c3ccc(Cl)cc3)c2c1.Cl. The van der Waals surface area contributed by atoms with Crippen LogP contribution in [0, 0.1) is 6.92 Å². The third kappa shape index (κ3) is 4.09. The molecule has 1 aromatic heterocycles. The summed E-state index contributed by atoms with van der Waals surface area (Å²) in [5.74, 6) is 1.02. The number of nitrogens with one attached hydrogen (secondary N) is 1. The molecule has 0 unspecified atom stereocenters. The van der Waals surface area contributed by atoms with Crippen molar-refractivity contribution in [1.29, 1.82) is 0 Å². The van der Waals surface area contributed by atoms with Gasteiger partial charge >= 0.3 is 0 Å². The topological polar surface area (TPSA) is 25.2 Å². The minimum Gasteiger partial charge on any atom is -0.459 e. The number of rotatable bonds is 4. The van der Waals surface area contributed by atoms with Gasteiger partial charge in [-0.05, 0) is 49.6 Å². The molecular formula is C22H25Cl2NO. The molecule has 1 aliphatic rings. The average molecular weight is 390 g/mol. The van der Waals surface area contributed by atoms with Gasteiger partial charge in [-0.15, -0.1) is 12.4 Å². The molecule has 26 heavy (non-hydrogen) atoms. The fourth-order valence-electron chi connectivity index (χ4n) is 3.86. The molecule has 0 spiro atoms. The zero-order chi connectivity index (χ0) is 17.2. The predicted molar refractivity (Wildman–Crippen MR) is 112 cm³/mol. The van der Waals surface area contributed by atoms with E-state index >= 15 is 0 Å². The summed E-state index contributed by atoms with van der Waals surface area (Å²) in [7, 11) is 0. The van der Waals surface area contributed by atoms with Crippen molar-refractivity contribution in [2.75, 3.05) is 0 Å². The minimum atomic E-state index is 0. The van der Waals surface area contributed by atoms with Gasteiger partial charge < -0.3 is 9.73 Å². The minimum absolute atomic E-state index is 0. The lowest BCUT2D eigenvalue weighted by Crippen LogP contribution is -2.30. The molecule has 1 fully saturated rings. The normalized spacial score (nSPS) is 15.2. The Morgan fingerprint density at radius 3 is 2.50 bits per heavy atom. The number of hydrogen-bond acceptors (Lipinski definition) is 2. The lowest BCUT2D eigenvalue weighted by molar-refractivity contribution is 0.360. The van der Waals surface area contributed by atoms with E-state index < -0.39 is 0 Å². The van der Waals surface area contributed by atoms with Crippen LogP contribution in [-0.4, -0.2) is 6.04 Å². The molecule has 1 heterocycles. The van der Waals surface area contributed by atoms with Gasteiger partial charge in [0.25, 0.3) is 0 Å². The van der Waals surface area contributed by atoms with Crippen molar-refractivity contribution >= 4 is 35.0 Å². The fourth-order valence-corrected chi connectivity index (χ4v) is 3.99. The molecule has 2 aromatic carbocycles. The summed E-state index contributed by atoms with van der Waals surface area (Å²) in [5, 5.41) is 5.66. The van der Waals surface area contributed by atoms with Crippen LogP contribution in [0.5, 0.6) is 0 Å². The molecule has 2 nitrogen and oxygen atoms in total. The molecule has 4 rings (SSSR count). The molecule has 1 N–H and O–H groups in total. The number of fused-ring (bicyclic) bond motifs is 1. The molecule has 4 heteroatoms. The monoisotopic (exact) mass is 389 g/mol. The van der Waals surface area contributed by atoms with Crippen LogP contribution in [0.25, 0.3) is 22.1 Å². The van der Waals surface area contributed by atoms with Crippen LogP contribution in [0.4, 0.5) is 0 Å². The highest BCUT2D eigenvalue weighted by atomic mass is 35.5. The molecule has 0 atom stereocenters. The first-order valence-corrected chi connectivity index (χ1v) is 9.60. The molecule has 0 radical (unpaired) electrons. The Kier molecular flexibility index (Phi) is 6.29. The highest BCUT2D eigenvalue weighted by Crippen LogP contribution is 2.36. The van der Waals surface area contributed by atoms with E-state index in [9.17, 15) is 0 Å². The Bertz CT molecular complexity index is 864. The largest absolute Gasteiger partial charge is 0.459 e. The van der Waals surface area contributed by atoms with Crippen molar-refractivity contribution in [3.8, 4) is 11.1 Å².